The molecule has 3 saturated carbocycles. The minimum atomic E-state index is -4.64. The Morgan fingerprint density at radius 1 is 0.722 bits per heavy atom. The minimum Gasteiger partial charge on any atom is -0.478 e. The van der Waals surface area contributed by atoms with Gasteiger partial charge in [0.2, 0.25) is 6.29 Å². The molecule has 72 heavy (non-hydrogen) atoms. The first-order valence-electron chi connectivity index (χ1n) is 21.5. The number of hydrogen-bond acceptors (Lipinski definition) is 16. The molecule has 0 radical (unpaired) electrons. The molecule has 0 bridgehead atoms. The summed E-state index contributed by atoms with van der Waals surface area (Å²) >= 11 is 27.2. The van der Waals surface area contributed by atoms with Crippen molar-refractivity contribution in [3.63, 3.8) is 0 Å². The van der Waals surface area contributed by atoms with Gasteiger partial charge >= 0.3 is 12.1 Å². The Hall–Kier alpha value is -6.59. The van der Waals surface area contributed by atoms with Gasteiger partial charge in [-0.15, -0.1) is 23.2 Å². The van der Waals surface area contributed by atoms with Gasteiger partial charge in [-0.2, -0.15) is 13.2 Å². The predicted molar refractivity (Wildman–Crippen MR) is 270 cm³/mol. The van der Waals surface area contributed by atoms with Crippen LogP contribution in [0.2, 0.25) is 15.5 Å². The summed E-state index contributed by atoms with van der Waals surface area (Å²) in [7, 11) is 0. The molecule has 7 aromatic rings. The second kappa shape index (κ2) is 26.7. The summed E-state index contributed by atoms with van der Waals surface area (Å²) in [5, 5.41) is 19.3. The van der Waals surface area contributed by atoms with E-state index < -0.39 is 18.4 Å². The number of aryl methyl sites for hydroxylation is 3. The molecule has 0 unspecified atom stereocenters. The highest BCUT2D eigenvalue weighted by atomic mass is 35.5. The zero-order valence-corrected chi connectivity index (χ0v) is 42.2. The molecule has 7 aromatic heterocycles. The molecular formula is C45H45Cl5F3N15O4. The Labute approximate surface area is 435 Å². The van der Waals surface area contributed by atoms with Crippen molar-refractivity contribution in [1.29, 1.82) is 0 Å². The normalized spacial score (nSPS) is 13.3. The van der Waals surface area contributed by atoms with Crippen LogP contribution in [0.3, 0.4) is 0 Å². The van der Waals surface area contributed by atoms with E-state index in [0.717, 1.165) is 53.9 Å². The Morgan fingerprint density at radius 2 is 1.21 bits per heavy atom. The lowest BCUT2D eigenvalue weighted by atomic mass is 10.2. The topological polar surface area (TPSA) is 267 Å². The maximum atomic E-state index is 12.3. The standard InChI is InChI=1S/C14H14ClN5O.C14H12ClN5.C8H10ClN3.C6H6N2O2.C2HF3O.CH2Cl2/c1-8-10(6-16-7-17-8)14(21)19-11-4-5-12(15)20-13(11)18-9-2-3-9;1-8-10(6-16-7-17-8)13-18-11-4-5-12(15)19-14(11)20(13)9-2-3-9;9-7-4-3-6(10)8(12-7)11-5-1-2-5;1-4-5(6(9)10)2-7-3-8-4;3-2(4,5)1-6;2-1-3/h4-7,9H,2-3H2,1H3,(H,18,20)(H,19,21);4-7,9H,2-3H2,1H3;3-5H,1-2,10H2,(H,11,12);2-3H,1H3,(H,9,10);1H;1H2. The average Bonchev–Trinajstić information content (AvgIpc) is 4.23. The van der Waals surface area contributed by atoms with E-state index in [1.807, 2.05) is 19.2 Å². The number of rotatable bonds is 9. The number of carboxylic acids is 1. The van der Waals surface area contributed by atoms with Crippen LogP contribution in [0.25, 0.3) is 22.6 Å². The Bertz CT molecular complexity index is 2960. The summed E-state index contributed by atoms with van der Waals surface area (Å²) in [5.41, 5.74) is 12.2. The quantitative estimate of drug-likeness (QED) is 0.0511. The third-order valence-electron chi connectivity index (χ3n) is 9.84. The molecule has 27 heteroatoms. The van der Waals surface area contributed by atoms with Crippen molar-refractivity contribution in [2.45, 2.75) is 83.6 Å². The molecule has 19 nitrogen and oxygen atoms in total. The largest absolute Gasteiger partial charge is 0.478 e. The molecule has 0 aliphatic heterocycles. The van der Waals surface area contributed by atoms with Gasteiger partial charge in [0.05, 0.1) is 50.5 Å². The number of fused-ring (bicyclic) bond motifs is 1. The number of aromatic carboxylic acids is 1. The van der Waals surface area contributed by atoms with Crippen molar-refractivity contribution in [3.8, 4) is 11.4 Å². The number of alkyl halides is 5. The third-order valence-corrected chi connectivity index (χ3v) is 10.5. The summed E-state index contributed by atoms with van der Waals surface area (Å²) < 4.78 is 33.4. The molecule has 3 aliphatic carbocycles. The fourth-order valence-electron chi connectivity index (χ4n) is 5.88. The number of imidazole rings is 1. The fourth-order valence-corrected chi connectivity index (χ4v) is 6.32. The molecule has 0 atom stereocenters. The number of carbonyl (C=O) groups excluding carboxylic acids is 2. The Morgan fingerprint density at radius 3 is 1.71 bits per heavy atom. The highest BCUT2D eigenvalue weighted by molar-refractivity contribution is 6.40. The van der Waals surface area contributed by atoms with Crippen LogP contribution >= 0.6 is 58.0 Å². The van der Waals surface area contributed by atoms with Crippen molar-refractivity contribution in [2.24, 2.45) is 0 Å². The number of carbonyl (C=O) groups is 3. The first kappa shape index (κ1) is 56.3. The van der Waals surface area contributed by atoms with Crippen molar-refractivity contribution in [3.05, 3.63) is 118 Å². The number of nitrogen functional groups attached to an aromatic ring is 1. The lowest BCUT2D eigenvalue weighted by molar-refractivity contribution is -0.156. The van der Waals surface area contributed by atoms with Crippen LogP contribution in [0.4, 0.5) is 36.2 Å². The second-order valence-electron chi connectivity index (χ2n) is 15.5. The van der Waals surface area contributed by atoms with Gasteiger partial charge in [0.25, 0.3) is 5.91 Å². The summed E-state index contributed by atoms with van der Waals surface area (Å²) in [6.07, 6.45) is 10.1. The molecule has 1 amide bonds. The monoisotopic (exact) mass is 1090 g/mol. The molecule has 380 valence electrons. The van der Waals surface area contributed by atoms with Crippen LogP contribution in [0, 0.1) is 20.8 Å². The van der Waals surface area contributed by atoms with Gasteiger partial charge in [0.15, 0.2) is 17.3 Å². The maximum Gasteiger partial charge on any atom is 0.446 e. The van der Waals surface area contributed by atoms with Gasteiger partial charge in [-0.25, -0.2) is 54.6 Å². The number of anilines is 4. The zero-order chi connectivity index (χ0) is 52.5. The SMILES string of the molecule is Cc1ncncc1-c1nc2ccc(Cl)nc2n1C1CC1.Cc1ncncc1C(=O)Nc1ccc(Cl)nc1NC1CC1.Cc1ncncc1C(=O)O.ClCCl.Nc1ccc(Cl)nc1NC1CC1.O=CC(F)(F)F. The van der Waals surface area contributed by atoms with Crippen LogP contribution in [-0.2, 0) is 4.79 Å². The van der Waals surface area contributed by atoms with E-state index in [2.05, 4.69) is 65.4 Å². The highest BCUT2D eigenvalue weighted by Crippen LogP contribution is 2.41. The van der Waals surface area contributed by atoms with Crippen LogP contribution in [0.1, 0.15) is 82.4 Å². The molecule has 0 saturated heterocycles. The summed E-state index contributed by atoms with van der Waals surface area (Å²) in [4.78, 5) is 72.3. The molecule has 0 aromatic carbocycles. The van der Waals surface area contributed by atoms with E-state index in [9.17, 15) is 22.8 Å². The molecule has 3 aliphatic rings. The number of nitrogens with two attached hydrogens (primary N) is 1. The van der Waals surface area contributed by atoms with Gasteiger partial charge in [-0.05, 0) is 95.7 Å². The van der Waals surface area contributed by atoms with Gasteiger partial charge in [0, 0.05) is 36.7 Å². The van der Waals surface area contributed by atoms with Crippen LogP contribution in [-0.4, -0.2) is 101 Å². The highest BCUT2D eigenvalue weighted by Gasteiger charge is 2.30. The number of nitrogens with zero attached hydrogens (tertiary/aromatic N) is 11. The summed E-state index contributed by atoms with van der Waals surface area (Å²) in [6, 6.07) is 11.9. The van der Waals surface area contributed by atoms with Crippen molar-refractivity contribution in [2.75, 3.05) is 27.0 Å². The minimum absolute atomic E-state index is 0.155. The van der Waals surface area contributed by atoms with Gasteiger partial charge in [-0.1, -0.05) is 34.8 Å². The summed E-state index contributed by atoms with van der Waals surface area (Å²) in [6.45, 7) is 5.36. The molecule has 0 spiro atoms. The van der Waals surface area contributed by atoms with Crippen LogP contribution in [0.15, 0.2) is 74.0 Å². The van der Waals surface area contributed by atoms with E-state index in [1.165, 1.54) is 37.9 Å². The summed E-state index contributed by atoms with van der Waals surface area (Å²) in [5.74, 6) is 0.933. The van der Waals surface area contributed by atoms with E-state index in [-0.39, 0.29) is 16.8 Å². The van der Waals surface area contributed by atoms with Gasteiger partial charge in [-0.3, -0.25) is 9.59 Å². The van der Waals surface area contributed by atoms with Crippen molar-refractivity contribution in [1.82, 2.24) is 54.4 Å². The smallest absolute Gasteiger partial charge is 0.446 e. The first-order valence-corrected chi connectivity index (χ1v) is 23.7. The first-order chi connectivity index (χ1) is 34.3. The molecule has 3 fully saturated rings. The lowest BCUT2D eigenvalue weighted by Gasteiger charge is -2.12. The number of aldehydes is 1. The molecule has 10 rings (SSSR count). The van der Waals surface area contributed by atoms with Crippen LogP contribution < -0.4 is 21.7 Å². The van der Waals surface area contributed by atoms with Gasteiger partial charge in [0.1, 0.15) is 45.8 Å². The molecular weight excluding hydrogens is 1050 g/mol. The fraction of sp³-hybridized carbons (Fsp3) is 0.311. The van der Waals surface area contributed by atoms with E-state index in [4.69, 9.17) is 78.6 Å². The Balaban J connectivity index is 0.000000174. The van der Waals surface area contributed by atoms with Crippen LogP contribution in [0.5, 0.6) is 0 Å². The number of pyridine rings is 3. The van der Waals surface area contributed by atoms with Gasteiger partial charge < -0.3 is 31.4 Å². The van der Waals surface area contributed by atoms with Crippen molar-refractivity contribution < 1.29 is 32.7 Å². The Kier molecular flexibility index (Phi) is 20.9. The lowest BCUT2D eigenvalue weighted by Crippen LogP contribution is -2.16. The number of nitrogens with one attached hydrogen (secondary N) is 3. The molecule has 7 heterocycles. The number of hydrogen-bond donors (Lipinski definition) is 5. The predicted octanol–water partition coefficient (Wildman–Crippen LogP) is 10.4. The van der Waals surface area contributed by atoms with E-state index in [1.54, 1.807) is 50.5 Å². The number of halogens is 8. The van der Waals surface area contributed by atoms with E-state index in [0.29, 0.717) is 73.5 Å². The van der Waals surface area contributed by atoms with E-state index >= 15 is 0 Å². The molecule has 6 N–H and O–H groups in total. The zero-order valence-electron chi connectivity index (χ0n) is 38.4. The average molecular weight is 1090 g/mol. The second-order valence-corrected chi connectivity index (χ2v) is 17.5. The third kappa shape index (κ3) is 17.9. The maximum absolute atomic E-state index is 12.3. The number of aromatic nitrogens is 11. The van der Waals surface area contributed by atoms with Crippen molar-refractivity contribution >= 4 is 110 Å². The number of amides is 1. The number of carboxylic acid groups (broad SMARTS) is 1.